The lowest BCUT2D eigenvalue weighted by Crippen LogP contribution is -2.25. The number of benzene rings is 1. The monoisotopic (exact) mass is 394 g/mol. The number of hydrogen-bond donors (Lipinski definition) is 1. The number of thiophene rings is 1. The summed E-state index contributed by atoms with van der Waals surface area (Å²) in [5.41, 5.74) is 1.21. The van der Waals surface area contributed by atoms with Crippen LogP contribution in [-0.2, 0) is 26.6 Å². The molecule has 23 heavy (non-hydrogen) atoms. The third kappa shape index (κ3) is 4.67. The molecule has 0 unspecified atom stereocenters. The van der Waals surface area contributed by atoms with E-state index in [0.29, 0.717) is 15.6 Å². The molecule has 0 radical (unpaired) electrons. The first-order chi connectivity index (χ1) is 10.6. The third-order valence-corrected chi connectivity index (χ3v) is 7.41. The SMILES string of the molecule is CN(c1ccc(CNS(=O)(=O)c2ccc(Cl)s2)cc1)S(C)(=O)=O. The summed E-state index contributed by atoms with van der Waals surface area (Å²) < 4.78 is 51.2. The van der Waals surface area contributed by atoms with Gasteiger partial charge in [-0.1, -0.05) is 23.7 Å². The molecule has 2 rings (SSSR count). The Hall–Kier alpha value is -1.13. The number of hydrogen-bond acceptors (Lipinski definition) is 5. The van der Waals surface area contributed by atoms with Gasteiger partial charge in [0.1, 0.15) is 4.21 Å². The quantitative estimate of drug-likeness (QED) is 0.814. The zero-order valence-electron chi connectivity index (χ0n) is 12.4. The van der Waals surface area contributed by atoms with Gasteiger partial charge in [0, 0.05) is 13.6 Å². The second-order valence-corrected chi connectivity index (χ2v) is 10.5. The van der Waals surface area contributed by atoms with Gasteiger partial charge in [-0.05, 0) is 29.8 Å². The summed E-state index contributed by atoms with van der Waals surface area (Å²) in [5.74, 6) is 0. The van der Waals surface area contributed by atoms with Gasteiger partial charge in [0.2, 0.25) is 20.0 Å². The van der Waals surface area contributed by atoms with Crippen molar-refractivity contribution < 1.29 is 16.8 Å². The van der Waals surface area contributed by atoms with Gasteiger partial charge in [0.05, 0.1) is 16.3 Å². The van der Waals surface area contributed by atoms with Crippen molar-refractivity contribution in [3.8, 4) is 0 Å². The Kier molecular flexibility index (Phi) is 5.37. The van der Waals surface area contributed by atoms with E-state index in [1.54, 1.807) is 24.3 Å². The average molecular weight is 395 g/mol. The highest BCUT2D eigenvalue weighted by Crippen LogP contribution is 2.25. The lowest BCUT2D eigenvalue weighted by Gasteiger charge is -2.16. The molecule has 0 atom stereocenters. The van der Waals surface area contributed by atoms with Crippen LogP contribution in [0.15, 0.2) is 40.6 Å². The molecule has 6 nitrogen and oxygen atoms in total. The topological polar surface area (TPSA) is 83.6 Å². The minimum Gasteiger partial charge on any atom is -0.274 e. The highest BCUT2D eigenvalue weighted by Gasteiger charge is 2.16. The van der Waals surface area contributed by atoms with Crippen molar-refractivity contribution in [2.45, 2.75) is 10.8 Å². The molecule has 0 amide bonds. The van der Waals surface area contributed by atoms with Crippen molar-refractivity contribution in [1.29, 1.82) is 0 Å². The second-order valence-electron chi connectivity index (χ2n) is 4.78. The molecule has 1 N–H and O–H groups in total. The highest BCUT2D eigenvalue weighted by molar-refractivity contribution is 7.92. The fraction of sp³-hybridized carbons (Fsp3) is 0.231. The Morgan fingerprint density at radius 2 is 1.70 bits per heavy atom. The maximum atomic E-state index is 12.1. The summed E-state index contributed by atoms with van der Waals surface area (Å²) in [6.45, 7) is 0.0979. The summed E-state index contributed by atoms with van der Waals surface area (Å²) in [6.07, 6.45) is 1.11. The smallest absolute Gasteiger partial charge is 0.250 e. The van der Waals surface area contributed by atoms with Crippen molar-refractivity contribution in [1.82, 2.24) is 4.72 Å². The summed E-state index contributed by atoms with van der Waals surface area (Å²) >= 11 is 6.72. The third-order valence-electron chi connectivity index (χ3n) is 3.08. The van der Waals surface area contributed by atoms with Gasteiger partial charge in [0.25, 0.3) is 0 Å². The summed E-state index contributed by atoms with van der Waals surface area (Å²) in [5, 5.41) is 0. The van der Waals surface area contributed by atoms with Crippen LogP contribution in [0.3, 0.4) is 0 Å². The van der Waals surface area contributed by atoms with E-state index >= 15 is 0 Å². The molecule has 10 heteroatoms. The largest absolute Gasteiger partial charge is 0.274 e. The average Bonchev–Trinajstić information content (AvgIpc) is 2.91. The standard InChI is InChI=1S/C13H15ClN2O4S3/c1-16(22(2,17)18)11-5-3-10(4-6-11)9-15-23(19,20)13-8-7-12(14)21-13/h3-8,15H,9H2,1-2H3. The fourth-order valence-electron chi connectivity index (χ4n) is 1.71. The Labute approximate surface area is 144 Å². The van der Waals surface area contributed by atoms with E-state index in [9.17, 15) is 16.8 Å². The number of sulfonamides is 2. The van der Waals surface area contributed by atoms with Crippen LogP contribution in [0.4, 0.5) is 5.69 Å². The van der Waals surface area contributed by atoms with Gasteiger partial charge in [-0.2, -0.15) is 0 Å². The zero-order valence-corrected chi connectivity index (χ0v) is 15.6. The zero-order chi connectivity index (χ0) is 17.3. The number of anilines is 1. The molecule has 2 aromatic rings. The second kappa shape index (κ2) is 6.78. The number of nitrogens with zero attached hydrogens (tertiary/aromatic N) is 1. The number of halogens is 1. The van der Waals surface area contributed by atoms with Gasteiger partial charge in [0.15, 0.2) is 0 Å². The summed E-state index contributed by atoms with van der Waals surface area (Å²) in [4.78, 5) is 0. The normalized spacial score (nSPS) is 12.3. The molecule has 0 aliphatic rings. The Balaban J connectivity index is 2.07. The van der Waals surface area contributed by atoms with Crippen molar-refractivity contribution in [2.75, 3.05) is 17.6 Å². The van der Waals surface area contributed by atoms with Crippen LogP contribution in [0, 0.1) is 0 Å². The van der Waals surface area contributed by atoms with Gasteiger partial charge in [-0.15, -0.1) is 11.3 Å². The summed E-state index contributed by atoms with van der Waals surface area (Å²) in [7, 11) is -5.48. The van der Waals surface area contributed by atoms with Crippen molar-refractivity contribution in [2.24, 2.45) is 0 Å². The lowest BCUT2D eigenvalue weighted by molar-refractivity contribution is 0.583. The first-order valence-corrected chi connectivity index (χ1v) is 10.9. The molecular formula is C13H15ClN2O4S3. The molecule has 0 spiro atoms. The van der Waals surface area contributed by atoms with Gasteiger partial charge in [-0.25, -0.2) is 21.6 Å². The van der Waals surface area contributed by atoms with Crippen molar-refractivity contribution >= 4 is 48.7 Å². The van der Waals surface area contributed by atoms with Crippen LogP contribution < -0.4 is 9.03 Å². The van der Waals surface area contributed by atoms with Crippen LogP contribution in [0.5, 0.6) is 0 Å². The van der Waals surface area contributed by atoms with E-state index in [4.69, 9.17) is 11.6 Å². The molecule has 126 valence electrons. The predicted molar refractivity (Wildman–Crippen MR) is 93.0 cm³/mol. The van der Waals surface area contributed by atoms with Crippen molar-refractivity contribution in [3.63, 3.8) is 0 Å². The Morgan fingerprint density at radius 3 is 2.17 bits per heavy atom. The molecule has 0 aliphatic heterocycles. The van der Waals surface area contributed by atoms with Gasteiger partial charge in [-0.3, -0.25) is 4.31 Å². The molecular weight excluding hydrogens is 380 g/mol. The van der Waals surface area contributed by atoms with Gasteiger partial charge >= 0.3 is 0 Å². The van der Waals surface area contributed by atoms with Crippen LogP contribution in [-0.4, -0.2) is 30.1 Å². The Morgan fingerprint density at radius 1 is 1.09 bits per heavy atom. The van der Waals surface area contributed by atoms with Crippen LogP contribution >= 0.6 is 22.9 Å². The molecule has 0 saturated heterocycles. The number of nitrogens with one attached hydrogen (secondary N) is 1. The minimum atomic E-state index is -3.61. The maximum Gasteiger partial charge on any atom is 0.250 e. The molecule has 1 aromatic carbocycles. The van der Waals surface area contributed by atoms with Crippen LogP contribution in [0.1, 0.15) is 5.56 Å². The predicted octanol–water partition coefficient (Wildman–Crippen LogP) is 2.28. The fourth-order valence-corrected chi connectivity index (χ4v) is 4.76. The first-order valence-electron chi connectivity index (χ1n) is 6.37. The van der Waals surface area contributed by atoms with Gasteiger partial charge < -0.3 is 0 Å². The van der Waals surface area contributed by atoms with Crippen LogP contribution in [0.25, 0.3) is 0 Å². The van der Waals surface area contributed by atoms with Crippen LogP contribution in [0.2, 0.25) is 4.34 Å². The molecule has 1 aromatic heterocycles. The minimum absolute atomic E-state index is 0.0979. The van der Waals surface area contributed by atoms with E-state index in [1.807, 2.05) is 0 Å². The maximum absolute atomic E-state index is 12.1. The lowest BCUT2D eigenvalue weighted by atomic mass is 10.2. The van der Waals surface area contributed by atoms with E-state index < -0.39 is 20.0 Å². The Bertz CT molecular complexity index is 890. The van der Waals surface area contributed by atoms with E-state index in [-0.39, 0.29) is 10.8 Å². The molecule has 0 aliphatic carbocycles. The molecule has 0 fully saturated rings. The highest BCUT2D eigenvalue weighted by atomic mass is 35.5. The first kappa shape index (κ1) is 18.2. The number of rotatable bonds is 6. The van der Waals surface area contributed by atoms with E-state index in [1.165, 1.54) is 19.2 Å². The summed E-state index contributed by atoms with van der Waals surface area (Å²) in [6, 6.07) is 9.54. The van der Waals surface area contributed by atoms with E-state index in [0.717, 1.165) is 21.9 Å². The molecule has 0 saturated carbocycles. The molecule has 0 bridgehead atoms. The van der Waals surface area contributed by atoms with Crippen molar-refractivity contribution in [3.05, 3.63) is 46.3 Å². The van der Waals surface area contributed by atoms with E-state index in [2.05, 4.69) is 4.72 Å². The molecule has 1 heterocycles.